The number of thioether (sulfide) groups is 1. The van der Waals surface area contributed by atoms with E-state index in [1.165, 1.54) is 23.9 Å². The predicted octanol–water partition coefficient (Wildman–Crippen LogP) is 0.835. The van der Waals surface area contributed by atoms with Crippen molar-refractivity contribution in [3.63, 3.8) is 0 Å². The van der Waals surface area contributed by atoms with Gasteiger partial charge in [0.05, 0.1) is 28.8 Å². The van der Waals surface area contributed by atoms with Gasteiger partial charge in [-0.1, -0.05) is 6.07 Å². The number of aromatic amines is 2. The summed E-state index contributed by atoms with van der Waals surface area (Å²) >= 11 is 1.30. The summed E-state index contributed by atoms with van der Waals surface area (Å²) in [4.78, 5) is 49.1. The van der Waals surface area contributed by atoms with Crippen LogP contribution in [0.15, 0.2) is 50.9 Å². The van der Waals surface area contributed by atoms with Crippen molar-refractivity contribution < 1.29 is 19.1 Å². The number of benzene rings is 2. The molecule has 2 aromatic carbocycles. The van der Waals surface area contributed by atoms with Crippen LogP contribution in [0.25, 0.3) is 10.8 Å². The molecule has 0 bridgehead atoms. The number of hydrogen-bond donors (Lipinski definition) is 4. The Morgan fingerprint density at radius 2 is 1.74 bits per heavy atom. The van der Waals surface area contributed by atoms with E-state index in [-0.39, 0.29) is 34.7 Å². The fourth-order valence-electron chi connectivity index (χ4n) is 3.02. The molecule has 0 unspecified atom stereocenters. The van der Waals surface area contributed by atoms with Crippen LogP contribution in [0.3, 0.4) is 0 Å². The highest BCUT2D eigenvalue weighted by molar-refractivity contribution is 8.00. The van der Waals surface area contributed by atoms with Gasteiger partial charge in [0, 0.05) is 4.90 Å². The Balaban J connectivity index is 1.32. The topological polar surface area (TPSA) is 142 Å². The molecule has 3 aromatic rings. The number of ether oxygens (including phenoxy) is 2. The fourth-order valence-corrected chi connectivity index (χ4v) is 3.77. The number of anilines is 1. The maximum Gasteiger partial charge on any atom is 0.272 e. The van der Waals surface area contributed by atoms with E-state index in [4.69, 9.17) is 9.47 Å². The number of amides is 2. The smallest absolute Gasteiger partial charge is 0.272 e. The molecular weight excluding hydrogens is 424 g/mol. The molecule has 11 heteroatoms. The standard InChI is InChI=1S/C20H18N4O6S/c25-16(22-13-3-1-2-12-18(13)20(28)24-23-19(12)27)9-21-17(26)10-31-11-4-5-14-15(8-11)30-7-6-29-14/h1-5,8H,6-7,9-10H2,(H,21,26)(H,22,25)(H,23,27)(H,24,28). The molecule has 1 aliphatic heterocycles. The first-order valence-electron chi connectivity index (χ1n) is 9.34. The maximum atomic E-state index is 12.2. The second-order valence-electron chi connectivity index (χ2n) is 6.56. The van der Waals surface area contributed by atoms with Crippen molar-refractivity contribution in [2.45, 2.75) is 4.90 Å². The minimum atomic E-state index is -0.537. The van der Waals surface area contributed by atoms with Crippen LogP contribution in [0.2, 0.25) is 0 Å². The number of fused-ring (bicyclic) bond motifs is 2. The van der Waals surface area contributed by atoms with Gasteiger partial charge >= 0.3 is 0 Å². The van der Waals surface area contributed by atoms with Crippen molar-refractivity contribution in [2.75, 3.05) is 30.8 Å². The summed E-state index contributed by atoms with van der Waals surface area (Å²) in [6.45, 7) is 0.708. The Hall–Kier alpha value is -3.73. The summed E-state index contributed by atoms with van der Waals surface area (Å²) in [5, 5.41) is 9.76. The highest BCUT2D eigenvalue weighted by atomic mass is 32.2. The van der Waals surface area contributed by atoms with Gasteiger partial charge in [0.2, 0.25) is 11.8 Å². The van der Waals surface area contributed by atoms with Crippen molar-refractivity contribution in [3.8, 4) is 11.5 Å². The Bertz CT molecular complexity index is 1270. The van der Waals surface area contributed by atoms with E-state index < -0.39 is 17.0 Å². The van der Waals surface area contributed by atoms with Gasteiger partial charge in [-0.2, -0.15) is 0 Å². The zero-order chi connectivity index (χ0) is 21.8. The van der Waals surface area contributed by atoms with Crippen LogP contribution < -0.4 is 31.2 Å². The summed E-state index contributed by atoms with van der Waals surface area (Å²) in [5.74, 6) is 0.564. The number of hydrogen-bond acceptors (Lipinski definition) is 7. The van der Waals surface area contributed by atoms with E-state index in [0.717, 1.165) is 4.90 Å². The number of H-pyrrole nitrogens is 2. The van der Waals surface area contributed by atoms with E-state index in [2.05, 4.69) is 20.8 Å². The van der Waals surface area contributed by atoms with Gasteiger partial charge < -0.3 is 20.1 Å². The van der Waals surface area contributed by atoms with E-state index in [1.54, 1.807) is 18.2 Å². The van der Waals surface area contributed by atoms with Crippen molar-refractivity contribution in [1.82, 2.24) is 15.5 Å². The van der Waals surface area contributed by atoms with Gasteiger partial charge in [-0.3, -0.25) is 29.4 Å². The van der Waals surface area contributed by atoms with Crippen molar-refractivity contribution >= 4 is 40.0 Å². The summed E-state index contributed by atoms with van der Waals surface area (Å²) in [7, 11) is 0. The van der Waals surface area contributed by atoms with Gasteiger partial charge in [-0.05, 0) is 30.3 Å². The molecule has 31 heavy (non-hydrogen) atoms. The second-order valence-corrected chi connectivity index (χ2v) is 7.60. The molecule has 1 aromatic heterocycles. The quantitative estimate of drug-likeness (QED) is 0.414. The van der Waals surface area contributed by atoms with E-state index >= 15 is 0 Å². The van der Waals surface area contributed by atoms with Crippen LogP contribution in [-0.2, 0) is 9.59 Å². The minimum absolute atomic E-state index is 0.0695. The Morgan fingerprint density at radius 1 is 0.968 bits per heavy atom. The van der Waals surface area contributed by atoms with Crippen LogP contribution in [0.5, 0.6) is 11.5 Å². The third kappa shape index (κ3) is 4.72. The van der Waals surface area contributed by atoms with Crippen molar-refractivity contribution in [1.29, 1.82) is 0 Å². The summed E-state index contributed by atoms with van der Waals surface area (Å²) in [6.07, 6.45) is 0. The lowest BCUT2D eigenvalue weighted by Crippen LogP contribution is -2.34. The summed E-state index contributed by atoms with van der Waals surface area (Å²) in [6, 6.07) is 9.97. The Morgan fingerprint density at radius 3 is 2.58 bits per heavy atom. The van der Waals surface area contributed by atoms with Crippen molar-refractivity contribution in [2.24, 2.45) is 0 Å². The average molecular weight is 442 g/mol. The van der Waals surface area contributed by atoms with Gasteiger partial charge in [0.25, 0.3) is 11.1 Å². The lowest BCUT2D eigenvalue weighted by Gasteiger charge is -2.18. The zero-order valence-corrected chi connectivity index (χ0v) is 17.0. The molecule has 2 amide bonds. The van der Waals surface area contributed by atoms with Gasteiger partial charge in [0.1, 0.15) is 13.2 Å². The summed E-state index contributed by atoms with van der Waals surface area (Å²) in [5.41, 5.74) is -0.824. The molecule has 0 aliphatic carbocycles. The fraction of sp³-hybridized carbons (Fsp3) is 0.200. The van der Waals surface area contributed by atoms with Crippen LogP contribution in [0.4, 0.5) is 5.69 Å². The number of carbonyl (C=O) groups is 2. The summed E-state index contributed by atoms with van der Waals surface area (Å²) < 4.78 is 11.0. The minimum Gasteiger partial charge on any atom is -0.486 e. The molecule has 0 spiro atoms. The average Bonchev–Trinajstić information content (AvgIpc) is 2.78. The predicted molar refractivity (Wildman–Crippen MR) is 115 cm³/mol. The molecule has 160 valence electrons. The first kappa shape index (κ1) is 20.5. The number of aromatic nitrogens is 2. The monoisotopic (exact) mass is 442 g/mol. The first-order chi connectivity index (χ1) is 15.0. The molecule has 2 heterocycles. The SMILES string of the molecule is O=C(CSc1ccc2c(c1)OCCO2)NCC(=O)Nc1cccc2c(=O)[nH][nH]c(=O)c12. The van der Waals surface area contributed by atoms with E-state index in [9.17, 15) is 19.2 Å². The van der Waals surface area contributed by atoms with Crippen LogP contribution in [0, 0.1) is 0 Å². The van der Waals surface area contributed by atoms with E-state index in [0.29, 0.717) is 24.7 Å². The maximum absolute atomic E-state index is 12.2. The highest BCUT2D eigenvalue weighted by Gasteiger charge is 2.14. The molecule has 4 N–H and O–H groups in total. The molecule has 0 saturated carbocycles. The zero-order valence-electron chi connectivity index (χ0n) is 16.2. The van der Waals surface area contributed by atoms with Gasteiger partial charge in [-0.15, -0.1) is 11.8 Å². The number of nitrogens with one attached hydrogen (secondary N) is 4. The lowest BCUT2D eigenvalue weighted by atomic mass is 10.1. The van der Waals surface area contributed by atoms with E-state index in [1.807, 2.05) is 6.07 Å². The number of rotatable bonds is 6. The lowest BCUT2D eigenvalue weighted by molar-refractivity contribution is -0.122. The van der Waals surface area contributed by atoms with Crippen LogP contribution in [-0.4, -0.2) is 47.5 Å². The molecule has 0 radical (unpaired) electrons. The highest BCUT2D eigenvalue weighted by Crippen LogP contribution is 2.34. The molecule has 4 rings (SSSR count). The Labute approximate surface area is 179 Å². The number of carbonyl (C=O) groups excluding carboxylic acids is 2. The third-order valence-corrected chi connectivity index (χ3v) is 5.42. The molecule has 0 fully saturated rings. The van der Waals surface area contributed by atoms with Gasteiger partial charge in [0.15, 0.2) is 11.5 Å². The first-order valence-corrected chi connectivity index (χ1v) is 10.3. The molecular formula is C20H18N4O6S. The van der Waals surface area contributed by atoms with Gasteiger partial charge in [-0.25, -0.2) is 0 Å². The third-order valence-electron chi connectivity index (χ3n) is 4.43. The normalized spacial score (nSPS) is 12.4. The molecule has 0 saturated heterocycles. The van der Waals surface area contributed by atoms with Crippen molar-refractivity contribution in [3.05, 3.63) is 57.1 Å². The van der Waals surface area contributed by atoms with Crippen LogP contribution in [0.1, 0.15) is 0 Å². The molecule has 0 atom stereocenters. The Kier molecular flexibility index (Phi) is 5.94. The largest absolute Gasteiger partial charge is 0.486 e. The van der Waals surface area contributed by atoms with Crippen LogP contribution >= 0.6 is 11.8 Å². The molecule has 1 aliphatic rings. The second kappa shape index (κ2) is 8.96. The molecule has 10 nitrogen and oxygen atoms in total.